The van der Waals surface area contributed by atoms with Gasteiger partial charge in [-0.05, 0) is 19.1 Å². The Balaban J connectivity index is 2.22. The number of hydrogen-bond acceptors (Lipinski definition) is 4. The van der Waals surface area contributed by atoms with Crippen molar-refractivity contribution >= 4 is 5.82 Å². The zero-order chi connectivity index (χ0) is 14.7. The van der Waals surface area contributed by atoms with Gasteiger partial charge in [-0.3, -0.25) is 4.68 Å². The van der Waals surface area contributed by atoms with E-state index in [9.17, 15) is 4.39 Å². The maximum atomic E-state index is 13.7. The molecule has 0 fully saturated rings. The summed E-state index contributed by atoms with van der Waals surface area (Å²) in [5.74, 6) is 0.0997. The van der Waals surface area contributed by atoms with Crippen molar-refractivity contribution in [2.75, 3.05) is 5.32 Å². The minimum atomic E-state index is -0.450. The van der Waals surface area contributed by atoms with E-state index in [0.29, 0.717) is 22.6 Å². The van der Waals surface area contributed by atoms with E-state index in [4.69, 9.17) is 10.5 Å². The van der Waals surface area contributed by atoms with Crippen molar-refractivity contribution in [3.63, 3.8) is 0 Å². The Morgan fingerprint density at radius 2 is 2.10 bits per heavy atom. The average molecular weight is 269 g/mol. The first kappa shape index (κ1) is 13.6. The summed E-state index contributed by atoms with van der Waals surface area (Å²) >= 11 is 0. The van der Waals surface area contributed by atoms with E-state index >= 15 is 0 Å². The van der Waals surface area contributed by atoms with Gasteiger partial charge in [0.05, 0.1) is 17.3 Å². The van der Waals surface area contributed by atoms with Crippen LogP contribution in [0.3, 0.4) is 0 Å². The van der Waals surface area contributed by atoms with E-state index < -0.39 is 5.82 Å². The number of benzene rings is 1. The number of rotatable bonds is 3. The highest BCUT2D eigenvalue weighted by Gasteiger charge is 2.13. The Labute approximate surface area is 115 Å². The molecule has 5 nitrogen and oxygen atoms in total. The Hall–Kier alpha value is -2.86. The Morgan fingerprint density at radius 1 is 1.35 bits per heavy atom. The van der Waals surface area contributed by atoms with Crippen molar-refractivity contribution in [1.82, 2.24) is 9.78 Å². The fourth-order valence-electron chi connectivity index (χ4n) is 1.93. The molecule has 0 aliphatic heterocycles. The van der Waals surface area contributed by atoms with E-state index in [1.165, 1.54) is 6.07 Å². The lowest BCUT2D eigenvalue weighted by Gasteiger charge is -2.08. The summed E-state index contributed by atoms with van der Waals surface area (Å²) in [5.41, 5.74) is 1.77. The normalized spacial score (nSPS) is 9.85. The lowest BCUT2D eigenvalue weighted by Crippen LogP contribution is -2.07. The minimum Gasteiger partial charge on any atom is -0.365 e. The summed E-state index contributed by atoms with van der Waals surface area (Å²) in [6.45, 7) is 1.96. The number of nitrogens with one attached hydrogen (secondary N) is 1. The van der Waals surface area contributed by atoms with Gasteiger partial charge in [0, 0.05) is 19.2 Å². The van der Waals surface area contributed by atoms with Crippen LogP contribution in [0.1, 0.15) is 22.4 Å². The van der Waals surface area contributed by atoms with Crippen LogP contribution in [0.4, 0.5) is 10.2 Å². The molecule has 0 atom stereocenters. The molecule has 0 bridgehead atoms. The van der Waals surface area contributed by atoms with Crippen molar-refractivity contribution in [3.05, 3.63) is 46.4 Å². The van der Waals surface area contributed by atoms with Gasteiger partial charge in [0.2, 0.25) is 0 Å². The third-order valence-electron chi connectivity index (χ3n) is 2.96. The molecule has 0 amide bonds. The van der Waals surface area contributed by atoms with Crippen molar-refractivity contribution in [1.29, 1.82) is 10.5 Å². The second-order valence-corrected chi connectivity index (χ2v) is 4.32. The van der Waals surface area contributed by atoms with Gasteiger partial charge in [-0.15, -0.1) is 0 Å². The van der Waals surface area contributed by atoms with E-state index in [1.807, 2.05) is 6.07 Å². The third-order valence-corrected chi connectivity index (χ3v) is 2.96. The fraction of sp³-hybridized carbons (Fsp3) is 0.214. The van der Waals surface area contributed by atoms with Crippen LogP contribution in [0.2, 0.25) is 0 Å². The lowest BCUT2D eigenvalue weighted by atomic mass is 10.1. The smallest absolute Gasteiger partial charge is 0.142 e. The second-order valence-electron chi connectivity index (χ2n) is 4.32. The zero-order valence-corrected chi connectivity index (χ0v) is 11.1. The highest BCUT2D eigenvalue weighted by Crippen LogP contribution is 2.19. The van der Waals surface area contributed by atoms with Crippen molar-refractivity contribution < 1.29 is 4.39 Å². The van der Waals surface area contributed by atoms with Gasteiger partial charge in [-0.2, -0.15) is 15.6 Å². The summed E-state index contributed by atoms with van der Waals surface area (Å²) < 4.78 is 15.3. The molecule has 1 aromatic carbocycles. The SMILES string of the molecule is Cc1nn(C)c(NCc2ccc(C#N)cc2F)c1C#N. The number of aryl methyl sites for hydroxylation is 2. The molecule has 2 rings (SSSR count). The number of hydrogen-bond donors (Lipinski definition) is 1. The standard InChI is InChI=1S/C14H12FN5/c1-9-12(7-17)14(20(2)19-9)18-8-11-4-3-10(6-16)5-13(11)15/h3-5,18H,8H2,1-2H3. The second kappa shape index (κ2) is 5.41. The monoisotopic (exact) mass is 269 g/mol. The Bertz CT molecular complexity index is 733. The third kappa shape index (κ3) is 2.45. The first-order valence-corrected chi connectivity index (χ1v) is 5.93. The highest BCUT2D eigenvalue weighted by molar-refractivity contribution is 5.55. The van der Waals surface area contributed by atoms with Gasteiger partial charge in [-0.25, -0.2) is 4.39 Å². The van der Waals surface area contributed by atoms with Gasteiger partial charge < -0.3 is 5.32 Å². The molecule has 0 spiro atoms. The summed E-state index contributed by atoms with van der Waals surface area (Å²) in [5, 5.41) is 24.9. The van der Waals surface area contributed by atoms with E-state index in [-0.39, 0.29) is 12.1 Å². The molecular weight excluding hydrogens is 257 g/mol. The minimum absolute atomic E-state index is 0.213. The summed E-state index contributed by atoms with van der Waals surface area (Å²) in [6, 6.07) is 8.25. The Kier molecular flexibility index (Phi) is 3.67. The van der Waals surface area contributed by atoms with Crippen LogP contribution in [0.15, 0.2) is 18.2 Å². The van der Waals surface area contributed by atoms with E-state index in [2.05, 4.69) is 16.5 Å². The van der Waals surface area contributed by atoms with Crippen LogP contribution in [-0.2, 0) is 13.6 Å². The molecule has 0 saturated carbocycles. The van der Waals surface area contributed by atoms with Crippen molar-refractivity contribution in [2.45, 2.75) is 13.5 Å². The fourth-order valence-corrected chi connectivity index (χ4v) is 1.93. The van der Waals surface area contributed by atoms with E-state index in [1.54, 1.807) is 30.8 Å². The molecule has 20 heavy (non-hydrogen) atoms. The van der Waals surface area contributed by atoms with Crippen LogP contribution in [0.25, 0.3) is 0 Å². The Morgan fingerprint density at radius 3 is 2.70 bits per heavy atom. The number of nitriles is 2. The quantitative estimate of drug-likeness (QED) is 0.926. The van der Waals surface area contributed by atoms with Gasteiger partial charge in [0.15, 0.2) is 0 Å². The van der Waals surface area contributed by atoms with Crippen LogP contribution in [0.5, 0.6) is 0 Å². The van der Waals surface area contributed by atoms with Gasteiger partial charge in [0.25, 0.3) is 0 Å². The predicted octanol–water partition coefficient (Wildman–Crippen LogP) is 2.22. The number of nitrogens with zero attached hydrogens (tertiary/aromatic N) is 4. The van der Waals surface area contributed by atoms with Crippen LogP contribution in [-0.4, -0.2) is 9.78 Å². The molecule has 1 aromatic heterocycles. The maximum Gasteiger partial charge on any atom is 0.142 e. The van der Waals surface area contributed by atoms with E-state index in [0.717, 1.165) is 0 Å². The maximum absolute atomic E-state index is 13.7. The molecule has 0 aliphatic carbocycles. The molecule has 0 unspecified atom stereocenters. The summed E-state index contributed by atoms with van der Waals surface area (Å²) in [7, 11) is 1.71. The molecule has 0 aliphatic rings. The largest absolute Gasteiger partial charge is 0.365 e. The molecule has 1 N–H and O–H groups in total. The topological polar surface area (TPSA) is 77.4 Å². The molecule has 6 heteroatoms. The molecule has 2 aromatic rings. The average Bonchev–Trinajstić information content (AvgIpc) is 2.70. The number of anilines is 1. The number of aromatic nitrogens is 2. The first-order valence-electron chi connectivity index (χ1n) is 5.93. The molecule has 100 valence electrons. The van der Waals surface area contributed by atoms with Gasteiger partial charge in [0.1, 0.15) is 23.3 Å². The van der Waals surface area contributed by atoms with Crippen LogP contribution in [0, 0.1) is 35.4 Å². The number of halogens is 1. The van der Waals surface area contributed by atoms with Crippen LogP contribution >= 0.6 is 0 Å². The summed E-state index contributed by atoms with van der Waals surface area (Å²) in [6.07, 6.45) is 0. The van der Waals surface area contributed by atoms with Gasteiger partial charge in [-0.1, -0.05) is 6.07 Å². The first-order chi connectivity index (χ1) is 9.56. The van der Waals surface area contributed by atoms with Crippen LogP contribution < -0.4 is 5.32 Å². The lowest BCUT2D eigenvalue weighted by molar-refractivity contribution is 0.612. The predicted molar refractivity (Wildman–Crippen MR) is 71.1 cm³/mol. The van der Waals surface area contributed by atoms with Crippen molar-refractivity contribution in [2.24, 2.45) is 7.05 Å². The molecule has 1 heterocycles. The zero-order valence-electron chi connectivity index (χ0n) is 11.1. The highest BCUT2D eigenvalue weighted by atomic mass is 19.1. The van der Waals surface area contributed by atoms with Gasteiger partial charge >= 0.3 is 0 Å². The molecule has 0 saturated heterocycles. The molecular formula is C14H12FN5. The summed E-state index contributed by atoms with van der Waals surface area (Å²) in [4.78, 5) is 0. The van der Waals surface area contributed by atoms with Crippen molar-refractivity contribution in [3.8, 4) is 12.1 Å². The molecule has 0 radical (unpaired) electrons.